The number of rotatable bonds is 5. The zero-order valence-corrected chi connectivity index (χ0v) is 19.8. The molecule has 1 aromatic carbocycles. The largest absolute Gasteiger partial charge is 0.0845 e. The van der Waals surface area contributed by atoms with Crippen LogP contribution in [0.1, 0.15) is 98.4 Å². The minimum absolute atomic E-state index is 0. The van der Waals surface area contributed by atoms with E-state index < -0.39 is 0 Å². The van der Waals surface area contributed by atoms with Gasteiger partial charge in [0.2, 0.25) is 0 Å². The van der Waals surface area contributed by atoms with Crippen LogP contribution < -0.4 is 0 Å². The number of allylic oxidation sites excluding steroid dienone is 2. The highest BCUT2D eigenvalue weighted by atomic mass is 14.6. The van der Waals surface area contributed by atoms with E-state index in [2.05, 4.69) is 57.2 Å². The molecule has 7 unspecified atom stereocenters. The maximum Gasteiger partial charge on any atom is 0 e. The molecule has 5 rings (SSSR count). The van der Waals surface area contributed by atoms with Crippen molar-refractivity contribution in [2.45, 2.75) is 97.8 Å². The van der Waals surface area contributed by atoms with E-state index in [1.54, 1.807) is 0 Å². The quantitative estimate of drug-likeness (QED) is 0.428. The highest BCUT2D eigenvalue weighted by Gasteiger charge is 2.58. The number of benzene rings is 1. The van der Waals surface area contributed by atoms with Crippen LogP contribution in [0, 0.1) is 40.4 Å². The van der Waals surface area contributed by atoms with E-state index >= 15 is 0 Å². The van der Waals surface area contributed by atoms with Crippen molar-refractivity contribution in [3.8, 4) is 0 Å². The lowest BCUT2D eigenvalue weighted by molar-refractivity contribution is -0.0499. The van der Waals surface area contributed by atoms with Crippen molar-refractivity contribution in [3.05, 3.63) is 47.5 Å². The Morgan fingerprint density at radius 3 is 2.67 bits per heavy atom. The monoisotopic (exact) mass is 406 g/mol. The van der Waals surface area contributed by atoms with Gasteiger partial charge >= 0.3 is 0 Å². The Labute approximate surface area is 187 Å². The summed E-state index contributed by atoms with van der Waals surface area (Å²) < 4.78 is 0. The molecule has 0 amide bonds. The molecule has 30 heavy (non-hydrogen) atoms. The van der Waals surface area contributed by atoms with E-state index in [4.69, 9.17) is 0 Å². The minimum Gasteiger partial charge on any atom is -0.0845 e. The average molecular weight is 407 g/mol. The van der Waals surface area contributed by atoms with Gasteiger partial charge in [-0.3, -0.25) is 0 Å². The van der Waals surface area contributed by atoms with Crippen LogP contribution in [0.4, 0.5) is 0 Å². The number of aryl methyl sites for hydroxylation is 1. The Bertz CT molecular complexity index is 766. The molecule has 0 bridgehead atoms. The van der Waals surface area contributed by atoms with Gasteiger partial charge in [0.25, 0.3) is 0 Å². The van der Waals surface area contributed by atoms with Gasteiger partial charge in [0.1, 0.15) is 0 Å². The Morgan fingerprint density at radius 1 is 1.00 bits per heavy atom. The summed E-state index contributed by atoms with van der Waals surface area (Å²) in [7, 11) is 0. The first kappa shape index (κ1) is 20.8. The van der Waals surface area contributed by atoms with Crippen molar-refractivity contribution in [2.75, 3.05) is 0 Å². The van der Waals surface area contributed by atoms with Gasteiger partial charge in [-0.15, -0.1) is 0 Å². The van der Waals surface area contributed by atoms with E-state index in [1.165, 1.54) is 82.6 Å². The third-order valence-corrected chi connectivity index (χ3v) is 10.7. The fourth-order valence-corrected chi connectivity index (χ4v) is 9.15. The summed E-state index contributed by atoms with van der Waals surface area (Å²) in [4.78, 5) is 0. The molecule has 0 heteroatoms. The van der Waals surface area contributed by atoms with Gasteiger partial charge in [0, 0.05) is 1.43 Å². The normalized spacial score (nSPS) is 41.4. The first-order valence-corrected chi connectivity index (χ1v) is 13.3. The molecule has 1 aromatic rings. The maximum absolute atomic E-state index is 2.74. The van der Waals surface area contributed by atoms with Crippen LogP contribution in [-0.2, 0) is 6.42 Å². The maximum atomic E-state index is 2.74. The first-order valence-electron chi connectivity index (χ1n) is 13.3. The summed E-state index contributed by atoms with van der Waals surface area (Å²) in [6, 6.07) is 11.1. The van der Waals surface area contributed by atoms with Gasteiger partial charge in [-0.25, -0.2) is 0 Å². The molecule has 166 valence electrons. The molecular weight excluding hydrogens is 360 g/mol. The summed E-state index contributed by atoms with van der Waals surface area (Å²) >= 11 is 0. The minimum atomic E-state index is 0. The molecule has 0 N–H and O–H groups in total. The van der Waals surface area contributed by atoms with E-state index in [-0.39, 0.29) is 1.43 Å². The zero-order valence-electron chi connectivity index (χ0n) is 19.8. The van der Waals surface area contributed by atoms with Crippen molar-refractivity contribution in [1.82, 2.24) is 0 Å². The van der Waals surface area contributed by atoms with Gasteiger partial charge < -0.3 is 0 Å². The highest BCUT2D eigenvalue weighted by Crippen LogP contribution is 2.67. The third kappa shape index (κ3) is 3.41. The van der Waals surface area contributed by atoms with Crippen LogP contribution in [0.25, 0.3) is 0 Å². The van der Waals surface area contributed by atoms with Gasteiger partial charge in [0.05, 0.1) is 0 Å². The second-order valence-electron chi connectivity index (χ2n) is 12.0. The summed E-state index contributed by atoms with van der Waals surface area (Å²) in [6.45, 7) is 7.98. The Kier molecular flexibility index (Phi) is 5.66. The fraction of sp³-hybridized carbons (Fsp3) is 0.733. The molecule has 0 aromatic heterocycles. The summed E-state index contributed by atoms with van der Waals surface area (Å²) in [5.41, 5.74) is 4.56. The number of fused-ring (bicyclic) bond motifs is 5. The molecule has 0 radical (unpaired) electrons. The van der Waals surface area contributed by atoms with E-state index in [9.17, 15) is 0 Å². The number of hydrogen-bond donors (Lipinski definition) is 0. The average Bonchev–Trinajstić information content (AvgIpc) is 3.11. The molecular formula is C30H46. The van der Waals surface area contributed by atoms with Crippen LogP contribution in [-0.4, -0.2) is 0 Å². The molecule has 0 aliphatic heterocycles. The molecule has 4 aliphatic rings. The van der Waals surface area contributed by atoms with E-state index in [1.807, 2.05) is 5.57 Å². The van der Waals surface area contributed by atoms with Crippen molar-refractivity contribution >= 4 is 0 Å². The van der Waals surface area contributed by atoms with Gasteiger partial charge in [-0.1, -0.05) is 75.6 Å². The smallest absolute Gasteiger partial charge is 0 e. The second kappa shape index (κ2) is 8.14. The molecule has 0 nitrogen and oxygen atoms in total. The fourth-order valence-electron chi connectivity index (χ4n) is 9.15. The molecule has 7 atom stereocenters. The van der Waals surface area contributed by atoms with Crippen LogP contribution in [0.15, 0.2) is 42.0 Å². The lowest BCUT2D eigenvalue weighted by atomic mass is 9.47. The van der Waals surface area contributed by atoms with Gasteiger partial charge in [-0.2, -0.15) is 0 Å². The molecule has 4 aliphatic carbocycles. The molecule has 3 fully saturated rings. The summed E-state index contributed by atoms with van der Waals surface area (Å²) in [5.74, 6) is 4.82. The Morgan fingerprint density at radius 2 is 1.83 bits per heavy atom. The molecule has 0 spiro atoms. The van der Waals surface area contributed by atoms with Crippen LogP contribution in [0.5, 0.6) is 0 Å². The lowest BCUT2D eigenvalue weighted by Gasteiger charge is -2.58. The molecule has 0 saturated heterocycles. The van der Waals surface area contributed by atoms with Crippen molar-refractivity contribution < 1.29 is 1.43 Å². The van der Waals surface area contributed by atoms with Gasteiger partial charge in [0.15, 0.2) is 0 Å². The first-order chi connectivity index (χ1) is 14.5. The predicted molar refractivity (Wildman–Crippen MR) is 130 cm³/mol. The summed E-state index contributed by atoms with van der Waals surface area (Å²) in [6.07, 6.45) is 20.0. The van der Waals surface area contributed by atoms with Crippen LogP contribution >= 0.6 is 0 Å². The van der Waals surface area contributed by atoms with E-state index in [0.29, 0.717) is 10.8 Å². The topological polar surface area (TPSA) is 0 Å². The highest BCUT2D eigenvalue weighted by molar-refractivity contribution is 5.24. The SMILES string of the molecule is CC(CCCc1ccccc1)C1CCC2C3CC=C4CCCCC4(C)C3CCC12C.[HH]. The molecule has 3 saturated carbocycles. The third-order valence-electron chi connectivity index (χ3n) is 10.7. The second-order valence-corrected chi connectivity index (χ2v) is 12.0. The van der Waals surface area contributed by atoms with Crippen molar-refractivity contribution in [1.29, 1.82) is 0 Å². The van der Waals surface area contributed by atoms with E-state index in [0.717, 1.165) is 29.6 Å². The van der Waals surface area contributed by atoms with Crippen LogP contribution in [0.3, 0.4) is 0 Å². The Hall–Kier alpha value is -1.04. The summed E-state index contributed by atoms with van der Waals surface area (Å²) in [5, 5.41) is 0. The van der Waals surface area contributed by atoms with Gasteiger partial charge in [-0.05, 0) is 110 Å². The van der Waals surface area contributed by atoms with Crippen molar-refractivity contribution in [3.63, 3.8) is 0 Å². The zero-order chi connectivity index (χ0) is 20.8. The standard InChI is InChI=1S/C30H44.H2/c1-22(10-9-13-23-11-5-4-6-12-23)26-17-18-27-25-16-15-24-14-7-8-20-29(24,2)28(25)19-21-30(26,27)3;/h4-6,11-12,15,22,25-28H,7-10,13-14,16-21H2,1-3H3;1H. The van der Waals surface area contributed by atoms with Crippen LogP contribution in [0.2, 0.25) is 0 Å². The predicted octanol–water partition coefficient (Wildman–Crippen LogP) is 8.86. The van der Waals surface area contributed by atoms with Crippen molar-refractivity contribution in [2.24, 2.45) is 40.4 Å². The number of hydrogen-bond acceptors (Lipinski definition) is 0. The Balaban J connectivity index is 0.00000231. The lowest BCUT2D eigenvalue weighted by Crippen LogP contribution is -2.50. The molecule has 0 heterocycles.